The molecule has 29 heavy (non-hydrogen) atoms. The SMILES string of the molecule is CCOC(=O)c1cccc(NC(=O)N2Cc3ccccc3Oc3ncccc32)c1. The molecule has 1 aliphatic heterocycles. The van der Waals surface area contributed by atoms with E-state index in [0.29, 0.717) is 35.1 Å². The molecule has 7 heteroatoms. The third-order valence-electron chi connectivity index (χ3n) is 4.42. The predicted octanol–water partition coefficient (Wildman–Crippen LogP) is 4.60. The van der Waals surface area contributed by atoms with Gasteiger partial charge < -0.3 is 14.8 Å². The number of rotatable bonds is 3. The molecule has 0 saturated carbocycles. The van der Waals surface area contributed by atoms with Gasteiger partial charge in [0, 0.05) is 17.4 Å². The maximum absolute atomic E-state index is 13.1. The zero-order valence-electron chi connectivity index (χ0n) is 15.8. The Morgan fingerprint density at radius 2 is 2.00 bits per heavy atom. The van der Waals surface area contributed by atoms with Gasteiger partial charge in [-0.05, 0) is 43.3 Å². The molecule has 7 nitrogen and oxygen atoms in total. The van der Waals surface area contributed by atoms with Crippen LogP contribution in [0.3, 0.4) is 0 Å². The Morgan fingerprint density at radius 1 is 1.14 bits per heavy atom. The lowest BCUT2D eigenvalue weighted by molar-refractivity contribution is 0.0526. The van der Waals surface area contributed by atoms with Crippen LogP contribution in [0.4, 0.5) is 16.2 Å². The lowest BCUT2D eigenvalue weighted by Crippen LogP contribution is -2.34. The standard InChI is InChI=1S/C22H19N3O4/c1-2-28-21(26)15-8-5-9-17(13-15)24-22(27)25-14-16-7-3-4-11-19(16)29-20-18(25)10-6-12-23-20/h3-13H,2,14H2,1H3,(H,24,27). The highest BCUT2D eigenvalue weighted by Gasteiger charge is 2.26. The minimum Gasteiger partial charge on any atom is -0.462 e. The number of hydrogen-bond acceptors (Lipinski definition) is 5. The van der Waals surface area contributed by atoms with Crippen LogP contribution >= 0.6 is 0 Å². The number of nitrogens with one attached hydrogen (secondary N) is 1. The molecule has 0 saturated heterocycles. The van der Waals surface area contributed by atoms with Crippen molar-refractivity contribution in [3.8, 4) is 11.6 Å². The van der Waals surface area contributed by atoms with E-state index in [-0.39, 0.29) is 12.6 Å². The quantitative estimate of drug-likeness (QED) is 0.662. The number of pyridine rings is 1. The number of ether oxygens (including phenoxy) is 2. The van der Waals surface area contributed by atoms with Gasteiger partial charge in [0.25, 0.3) is 0 Å². The third kappa shape index (κ3) is 3.89. The van der Waals surface area contributed by atoms with Crippen molar-refractivity contribution in [2.45, 2.75) is 13.5 Å². The van der Waals surface area contributed by atoms with Gasteiger partial charge >= 0.3 is 12.0 Å². The van der Waals surface area contributed by atoms with Crippen LogP contribution in [0, 0.1) is 0 Å². The summed E-state index contributed by atoms with van der Waals surface area (Å²) in [7, 11) is 0. The zero-order chi connectivity index (χ0) is 20.2. The van der Waals surface area contributed by atoms with E-state index in [1.165, 1.54) is 0 Å². The maximum atomic E-state index is 13.1. The van der Waals surface area contributed by atoms with E-state index in [2.05, 4.69) is 10.3 Å². The van der Waals surface area contributed by atoms with Gasteiger partial charge in [0.15, 0.2) is 0 Å². The molecule has 2 aromatic carbocycles. The van der Waals surface area contributed by atoms with E-state index in [1.807, 2.05) is 24.3 Å². The molecule has 0 aliphatic carbocycles. The molecule has 146 valence electrons. The first-order valence-electron chi connectivity index (χ1n) is 9.22. The Kier molecular flexibility index (Phi) is 5.11. The molecule has 0 spiro atoms. The first-order chi connectivity index (χ1) is 14.2. The van der Waals surface area contributed by atoms with Crippen LogP contribution in [-0.2, 0) is 11.3 Å². The highest BCUT2D eigenvalue weighted by molar-refractivity contribution is 6.03. The summed E-state index contributed by atoms with van der Waals surface area (Å²) in [4.78, 5) is 30.9. The Morgan fingerprint density at radius 3 is 2.86 bits per heavy atom. The first kappa shape index (κ1) is 18.5. The van der Waals surface area contributed by atoms with Crippen molar-refractivity contribution in [2.24, 2.45) is 0 Å². The smallest absolute Gasteiger partial charge is 0.338 e. The van der Waals surface area contributed by atoms with Gasteiger partial charge in [0.05, 0.1) is 18.7 Å². The van der Waals surface area contributed by atoms with E-state index in [1.54, 1.807) is 54.4 Å². The van der Waals surface area contributed by atoms with E-state index in [9.17, 15) is 9.59 Å². The van der Waals surface area contributed by atoms with Crippen LogP contribution in [0.25, 0.3) is 0 Å². The van der Waals surface area contributed by atoms with Crippen molar-refractivity contribution in [3.63, 3.8) is 0 Å². The molecule has 0 radical (unpaired) electrons. The topological polar surface area (TPSA) is 80.8 Å². The summed E-state index contributed by atoms with van der Waals surface area (Å²) in [6.45, 7) is 2.35. The van der Waals surface area contributed by atoms with Crippen LogP contribution < -0.4 is 15.0 Å². The van der Waals surface area contributed by atoms with Crippen molar-refractivity contribution in [3.05, 3.63) is 78.0 Å². The second-order valence-electron chi connectivity index (χ2n) is 6.36. The minimum absolute atomic E-state index is 0.284. The van der Waals surface area contributed by atoms with Crippen LogP contribution in [0.2, 0.25) is 0 Å². The summed E-state index contributed by atoms with van der Waals surface area (Å²) < 4.78 is 10.9. The molecule has 2 heterocycles. The normalized spacial score (nSPS) is 12.1. The fourth-order valence-corrected chi connectivity index (χ4v) is 3.07. The number of carbonyl (C=O) groups is 2. The summed E-state index contributed by atoms with van der Waals surface area (Å²) in [5, 5.41) is 2.84. The fraction of sp³-hybridized carbons (Fsp3) is 0.136. The second-order valence-corrected chi connectivity index (χ2v) is 6.36. The molecule has 2 amide bonds. The van der Waals surface area contributed by atoms with Gasteiger partial charge in [-0.1, -0.05) is 24.3 Å². The van der Waals surface area contributed by atoms with Crippen molar-refractivity contribution < 1.29 is 19.1 Å². The van der Waals surface area contributed by atoms with Gasteiger partial charge in [-0.2, -0.15) is 0 Å². The lowest BCUT2D eigenvalue weighted by Gasteiger charge is -2.22. The number of nitrogens with zero attached hydrogens (tertiary/aromatic N) is 2. The molecule has 4 rings (SSSR count). The molecule has 0 bridgehead atoms. The van der Waals surface area contributed by atoms with Crippen molar-refractivity contribution >= 4 is 23.4 Å². The molecule has 3 aromatic rings. The zero-order valence-corrected chi connectivity index (χ0v) is 15.8. The molecular weight excluding hydrogens is 370 g/mol. The van der Waals surface area contributed by atoms with E-state index < -0.39 is 5.97 Å². The molecule has 1 aliphatic rings. The average molecular weight is 389 g/mol. The second kappa shape index (κ2) is 8.02. The summed E-state index contributed by atoms with van der Waals surface area (Å²) in [5.74, 6) is 0.579. The monoisotopic (exact) mass is 389 g/mol. The Bertz CT molecular complexity index is 1070. The first-order valence-corrected chi connectivity index (χ1v) is 9.22. The molecule has 0 unspecified atom stereocenters. The number of amides is 2. The van der Waals surface area contributed by atoms with Crippen LogP contribution in [0.15, 0.2) is 66.9 Å². The molecule has 1 aromatic heterocycles. The number of esters is 1. The number of benzene rings is 2. The van der Waals surface area contributed by atoms with Gasteiger partial charge in [0.2, 0.25) is 5.88 Å². The summed E-state index contributed by atoms with van der Waals surface area (Å²) in [6, 6.07) is 17.3. The number of urea groups is 1. The fourth-order valence-electron chi connectivity index (χ4n) is 3.07. The Balaban J connectivity index is 1.63. The van der Waals surface area contributed by atoms with E-state index in [0.717, 1.165) is 5.56 Å². The number of para-hydroxylation sites is 1. The summed E-state index contributed by atoms with van der Waals surface area (Å²) >= 11 is 0. The molecule has 1 N–H and O–H groups in total. The van der Waals surface area contributed by atoms with Gasteiger partial charge in [-0.15, -0.1) is 0 Å². The number of hydrogen-bond donors (Lipinski definition) is 1. The van der Waals surface area contributed by atoms with Crippen LogP contribution in [-0.4, -0.2) is 23.6 Å². The number of fused-ring (bicyclic) bond motifs is 2. The molecule has 0 fully saturated rings. The molecular formula is C22H19N3O4. The van der Waals surface area contributed by atoms with E-state index >= 15 is 0 Å². The van der Waals surface area contributed by atoms with E-state index in [4.69, 9.17) is 9.47 Å². The molecule has 0 atom stereocenters. The number of anilines is 2. The highest BCUT2D eigenvalue weighted by atomic mass is 16.5. The van der Waals surface area contributed by atoms with Crippen LogP contribution in [0.5, 0.6) is 11.6 Å². The minimum atomic E-state index is -0.435. The Hall–Kier alpha value is -3.87. The largest absolute Gasteiger partial charge is 0.462 e. The van der Waals surface area contributed by atoms with Gasteiger partial charge in [-0.3, -0.25) is 4.90 Å². The maximum Gasteiger partial charge on any atom is 0.338 e. The lowest BCUT2D eigenvalue weighted by atomic mass is 10.2. The highest BCUT2D eigenvalue weighted by Crippen LogP contribution is 2.37. The van der Waals surface area contributed by atoms with Crippen molar-refractivity contribution in [2.75, 3.05) is 16.8 Å². The number of carbonyl (C=O) groups excluding carboxylic acids is 2. The Labute approximate surface area is 167 Å². The number of aromatic nitrogens is 1. The van der Waals surface area contributed by atoms with Crippen LogP contribution in [0.1, 0.15) is 22.8 Å². The van der Waals surface area contributed by atoms with Crippen molar-refractivity contribution in [1.82, 2.24) is 4.98 Å². The summed E-state index contributed by atoms with van der Waals surface area (Å²) in [5.41, 5.74) is 2.28. The van der Waals surface area contributed by atoms with Gasteiger partial charge in [-0.25, -0.2) is 14.6 Å². The van der Waals surface area contributed by atoms with Crippen molar-refractivity contribution in [1.29, 1.82) is 0 Å². The third-order valence-corrected chi connectivity index (χ3v) is 4.42. The predicted molar refractivity (Wildman–Crippen MR) is 108 cm³/mol. The van der Waals surface area contributed by atoms with Gasteiger partial charge in [0.1, 0.15) is 11.4 Å². The average Bonchev–Trinajstić information content (AvgIpc) is 2.91. The summed E-state index contributed by atoms with van der Waals surface area (Å²) in [6.07, 6.45) is 1.62.